The molecule has 11 nitrogen and oxygen atoms in total. The fourth-order valence-electron chi connectivity index (χ4n) is 7.76. The number of benzene rings is 2. The first-order chi connectivity index (χ1) is 23.7. The maximum absolute atomic E-state index is 17.0. The molecule has 49 heavy (non-hydrogen) atoms. The van der Waals surface area contributed by atoms with Crippen LogP contribution in [-0.2, 0) is 11.8 Å². The van der Waals surface area contributed by atoms with Crippen molar-refractivity contribution in [3.63, 3.8) is 0 Å². The monoisotopic (exact) mass is 667 g/mol. The highest BCUT2D eigenvalue weighted by molar-refractivity contribution is 6.06. The van der Waals surface area contributed by atoms with E-state index in [-0.39, 0.29) is 41.9 Å². The second-order valence-corrected chi connectivity index (χ2v) is 13.3. The van der Waals surface area contributed by atoms with Crippen LogP contribution in [0.2, 0.25) is 0 Å². The summed E-state index contributed by atoms with van der Waals surface area (Å²) in [7, 11) is 3.93. The van der Waals surface area contributed by atoms with E-state index in [1.807, 2.05) is 45.2 Å². The van der Waals surface area contributed by atoms with Gasteiger partial charge in [0.2, 0.25) is 11.8 Å². The molecule has 2 saturated heterocycles. The molecule has 2 aliphatic heterocycles. The molecule has 13 heteroatoms. The molecular weight excluding hydrogens is 628 g/mol. The highest BCUT2D eigenvalue weighted by Crippen LogP contribution is 2.40. The van der Waals surface area contributed by atoms with Gasteiger partial charge < -0.3 is 9.64 Å². The summed E-state index contributed by atoms with van der Waals surface area (Å²) in [6.45, 7) is 4.46. The van der Waals surface area contributed by atoms with Crippen LogP contribution >= 0.6 is 0 Å². The maximum Gasteiger partial charge on any atom is 0.246 e. The molecule has 1 unspecified atom stereocenters. The molecule has 3 aromatic heterocycles. The van der Waals surface area contributed by atoms with E-state index in [0.29, 0.717) is 46.9 Å². The second-order valence-electron chi connectivity index (χ2n) is 13.3. The van der Waals surface area contributed by atoms with Crippen LogP contribution in [0.1, 0.15) is 50.6 Å². The smallest absolute Gasteiger partial charge is 0.246 e. The van der Waals surface area contributed by atoms with Crippen molar-refractivity contribution in [1.82, 2.24) is 39.6 Å². The third-order valence-corrected chi connectivity index (χ3v) is 10.3. The number of carbonyl (C=O) groups is 1. The molecule has 0 spiro atoms. The van der Waals surface area contributed by atoms with E-state index in [1.165, 1.54) is 12.2 Å². The summed E-state index contributed by atoms with van der Waals surface area (Å²) >= 11 is 0. The summed E-state index contributed by atoms with van der Waals surface area (Å²) in [5.41, 5.74) is 3.95. The average molecular weight is 668 g/mol. The lowest BCUT2D eigenvalue weighted by atomic mass is 9.94. The van der Waals surface area contributed by atoms with Crippen molar-refractivity contribution < 1.29 is 18.3 Å². The Hall–Kier alpha value is -4.96. The number of aromatic nitrogens is 6. The Kier molecular flexibility index (Phi) is 8.75. The number of carbonyl (C=O) groups excluding carboxylic acids is 1. The zero-order valence-electron chi connectivity index (χ0n) is 28.1. The number of hydrogen-bond donors (Lipinski definition) is 0. The van der Waals surface area contributed by atoms with Gasteiger partial charge in [0.05, 0.1) is 30.2 Å². The van der Waals surface area contributed by atoms with Crippen molar-refractivity contribution in [2.24, 2.45) is 7.05 Å². The molecule has 2 aliphatic rings. The number of piperidine rings is 1. The van der Waals surface area contributed by atoms with Crippen LogP contribution < -0.4 is 4.74 Å². The van der Waals surface area contributed by atoms with E-state index in [4.69, 9.17) is 9.72 Å². The van der Waals surface area contributed by atoms with Crippen LogP contribution in [0.4, 0.5) is 8.78 Å². The van der Waals surface area contributed by atoms with E-state index in [9.17, 15) is 14.4 Å². The zero-order chi connectivity index (χ0) is 34.4. The number of hydrogen-bond acceptors (Lipinski definition) is 8. The van der Waals surface area contributed by atoms with Gasteiger partial charge in [0.15, 0.2) is 11.3 Å². The van der Waals surface area contributed by atoms with Gasteiger partial charge in [-0.2, -0.15) is 10.4 Å². The number of ether oxygens (including phenoxy) is 1. The molecule has 0 N–H and O–H groups in total. The van der Waals surface area contributed by atoms with Crippen molar-refractivity contribution in [2.45, 2.75) is 70.2 Å². The number of allylic oxidation sites excluding steroid dienone is 1. The third-order valence-electron chi connectivity index (χ3n) is 10.3. The quantitative estimate of drug-likeness (QED) is 0.190. The molecule has 0 radical (unpaired) electrons. The third kappa shape index (κ3) is 5.77. The molecule has 4 atom stereocenters. The van der Waals surface area contributed by atoms with Crippen LogP contribution in [-0.4, -0.2) is 90.5 Å². The van der Waals surface area contributed by atoms with Gasteiger partial charge in [-0.15, -0.1) is 5.10 Å². The normalized spacial score (nSPS) is 20.9. The van der Waals surface area contributed by atoms with E-state index >= 15 is 4.39 Å². The van der Waals surface area contributed by atoms with Crippen molar-refractivity contribution in [1.29, 1.82) is 5.26 Å². The van der Waals surface area contributed by atoms with Gasteiger partial charge in [0.1, 0.15) is 23.8 Å². The van der Waals surface area contributed by atoms with Crippen LogP contribution in [0.25, 0.3) is 44.0 Å². The Morgan fingerprint density at radius 1 is 1.20 bits per heavy atom. The maximum atomic E-state index is 17.0. The predicted molar refractivity (Wildman–Crippen MR) is 182 cm³/mol. The lowest BCUT2D eigenvalue weighted by Gasteiger charge is -2.38. The number of amides is 1. The minimum atomic E-state index is -0.743. The molecule has 0 aliphatic carbocycles. The van der Waals surface area contributed by atoms with Gasteiger partial charge in [-0.3, -0.25) is 14.4 Å². The summed E-state index contributed by atoms with van der Waals surface area (Å²) in [6, 6.07) is 9.42. The first kappa shape index (κ1) is 32.6. The Bertz CT molecular complexity index is 2130. The number of pyridine rings is 1. The van der Waals surface area contributed by atoms with Gasteiger partial charge in [0, 0.05) is 48.1 Å². The van der Waals surface area contributed by atoms with Crippen molar-refractivity contribution >= 4 is 38.7 Å². The summed E-state index contributed by atoms with van der Waals surface area (Å²) in [4.78, 5) is 21.6. The largest absolute Gasteiger partial charge is 0.471 e. The average Bonchev–Trinajstić information content (AvgIpc) is 3.83. The van der Waals surface area contributed by atoms with Crippen molar-refractivity contribution in [3.05, 3.63) is 54.0 Å². The number of likely N-dealkylation sites (tertiary alicyclic amines) is 2. The number of likely N-dealkylation sites (N-methyl/N-ethyl adjacent to an activating group) is 1. The minimum absolute atomic E-state index is 0.111. The number of rotatable bonds is 8. The van der Waals surface area contributed by atoms with Gasteiger partial charge >= 0.3 is 0 Å². The number of nitriles is 1. The Morgan fingerprint density at radius 2 is 2.04 bits per heavy atom. The number of fused-ring (bicyclic) bond motifs is 4. The number of aryl methyl sites for hydroxylation is 2. The van der Waals surface area contributed by atoms with Crippen LogP contribution in [0.15, 0.2) is 42.6 Å². The van der Waals surface area contributed by atoms with Gasteiger partial charge in [-0.1, -0.05) is 17.3 Å². The minimum Gasteiger partial charge on any atom is -0.471 e. The first-order valence-corrected chi connectivity index (χ1v) is 16.8. The van der Waals surface area contributed by atoms with Gasteiger partial charge in [0.25, 0.3) is 0 Å². The Labute approximate surface area is 282 Å². The fraction of sp³-hybridized carbons (Fsp3) is 0.444. The van der Waals surface area contributed by atoms with Crippen LogP contribution in [0.5, 0.6) is 5.88 Å². The highest BCUT2D eigenvalue weighted by atomic mass is 19.1. The standard InChI is InChI=1S/C36H39F2N9O2/c1-21-17-27-33(32(38)31(21)23-9-10-24-20-40-45(4)29(24)18-23)41-36(49-22(2)28-7-6-15-44(28)3)34-35(27)47(43-42-34)26-12-16-46(25(19-26)11-14-39)30(48)8-5-13-37/h5,8-10,17-18,20,22,25-26,28H,6-7,11-13,15-16,19H2,1-4H3/b8-5+/t22?,25-,26+,28+/m1/s1. The van der Waals surface area contributed by atoms with Crippen LogP contribution in [0, 0.1) is 24.1 Å². The van der Waals surface area contributed by atoms with E-state index < -0.39 is 18.5 Å². The zero-order valence-corrected chi connectivity index (χ0v) is 28.1. The first-order valence-electron chi connectivity index (χ1n) is 16.8. The number of halogens is 2. The molecule has 0 saturated carbocycles. The molecule has 254 valence electrons. The number of alkyl halides is 1. The Morgan fingerprint density at radius 3 is 2.80 bits per heavy atom. The van der Waals surface area contributed by atoms with Crippen LogP contribution in [0.3, 0.4) is 0 Å². The molecule has 0 bridgehead atoms. The summed E-state index contributed by atoms with van der Waals surface area (Å²) in [5.74, 6) is -0.579. The van der Waals surface area contributed by atoms with Gasteiger partial charge in [-0.05, 0) is 82.5 Å². The van der Waals surface area contributed by atoms with Crippen molar-refractivity contribution in [2.75, 3.05) is 26.8 Å². The summed E-state index contributed by atoms with van der Waals surface area (Å²) < 4.78 is 39.9. The highest BCUT2D eigenvalue weighted by Gasteiger charge is 2.35. The summed E-state index contributed by atoms with van der Waals surface area (Å²) in [5, 5.41) is 24.6. The molecule has 1 amide bonds. The van der Waals surface area contributed by atoms with Gasteiger partial charge in [-0.25, -0.2) is 18.4 Å². The van der Waals surface area contributed by atoms with E-state index in [0.717, 1.165) is 35.9 Å². The molecule has 5 heterocycles. The lowest BCUT2D eigenvalue weighted by molar-refractivity contribution is -0.130. The van der Waals surface area contributed by atoms with Crippen molar-refractivity contribution in [3.8, 4) is 23.1 Å². The molecular formula is C36H39F2N9O2. The van der Waals surface area contributed by atoms with E-state index in [2.05, 4.69) is 33.4 Å². The molecule has 2 fully saturated rings. The Balaban J connectivity index is 1.37. The molecule has 2 aromatic carbocycles. The topological polar surface area (TPSA) is 118 Å². The molecule has 7 rings (SSSR count). The second kappa shape index (κ2) is 13.2. The molecule has 5 aromatic rings. The summed E-state index contributed by atoms with van der Waals surface area (Å²) in [6.07, 6.45) is 7.04. The lowest BCUT2D eigenvalue weighted by Crippen LogP contribution is -2.46. The van der Waals surface area contributed by atoms with E-state index in [1.54, 1.807) is 20.5 Å². The SMILES string of the molecule is Cc1cc2c(nc(OC(C)[C@@H]3CCCN3C)c3nnn([C@H]4CCN(C(=O)/C=C/CF)[C@H](CC#N)C4)c32)c(F)c1-c1ccc2cnn(C)c2c1. The predicted octanol–water partition coefficient (Wildman–Crippen LogP) is 5.81. The fourth-order valence-corrected chi connectivity index (χ4v) is 7.76. The number of nitrogens with zero attached hydrogens (tertiary/aromatic N) is 9.